The Labute approximate surface area is 92.5 Å². The molecule has 1 amide bonds. The average Bonchev–Trinajstić information content (AvgIpc) is 2.70. The Bertz CT molecular complexity index is 439. The van der Waals surface area contributed by atoms with E-state index in [0.29, 0.717) is 31.7 Å². The van der Waals surface area contributed by atoms with Crippen LogP contribution in [0.1, 0.15) is 29.5 Å². The normalized spacial score (nSPS) is 14.7. The summed E-state index contributed by atoms with van der Waals surface area (Å²) in [5.74, 6) is -0.997. The van der Waals surface area contributed by atoms with Crippen LogP contribution in [0, 0.1) is 0 Å². The molecule has 2 heterocycles. The first-order valence-corrected chi connectivity index (χ1v) is 5.18. The summed E-state index contributed by atoms with van der Waals surface area (Å²) in [6, 6.07) is 0. The van der Waals surface area contributed by atoms with E-state index < -0.39 is 5.97 Å². The van der Waals surface area contributed by atoms with Crippen molar-refractivity contribution in [2.45, 2.75) is 26.4 Å². The summed E-state index contributed by atoms with van der Waals surface area (Å²) in [6.45, 7) is 3.37. The smallest absolute Gasteiger partial charge is 0.356 e. The van der Waals surface area contributed by atoms with Crippen LogP contribution in [0.4, 0.5) is 0 Å². The number of carboxylic acids is 1. The third kappa shape index (κ3) is 1.66. The van der Waals surface area contributed by atoms with Crippen LogP contribution in [0.2, 0.25) is 0 Å². The molecule has 86 valence electrons. The molecule has 1 aromatic heterocycles. The van der Waals surface area contributed by atoms with Crippen LogP contribution in [-0.2, 0) is 17.9 Å². The van der Waals surface area contributed by atoms with Crippen LogP contribution in [-0.4, -0.2) is 38.0 Å². The van der Waals surface area contributed by atoms with Crippen LogP contribution in [0.5, 0.6) is 0 Å². The van der Waals surface area contributed by atoms with Crippen LogP contribution in [0.15, 0.2) is 6.33 Å². The third-order valence-corrected chi connectivity index (χ3v) is 2.76. The highest BCUT2D eigenvalue weighted by Crippen LogP contribution is 2.16. The number of carboxylic acid groups (broad SMARTS) is 1. The monoisotopic (exact) mass is 223 g/mol. The largest absolute Gasteiger partial charge is 0.476 e. The number of amides is 1. The predicted octanol–water partition coefficient (Wildman–Crippen LogP) is 0.334. The van der Waals surface area contributed by atoms with E-state index >= 15 is 0 Å². The van der Waals surface area contributed by atoms with Crippen molar-refractivity contribution in [2.75, 3.05) is 6.54 Å². The molecule has 0 saturated carbocycles. The van der Waals surface area contributed by atoms with Crippen molar-refractivity contribution in [1.82, 2.24) is 14.5 Å². The highest BCUT2D eigenvalue weighted by molar-refractivity contribution is 5.87. The van der Waals surface area contributed by atoms with E-state index in [9.17, 15) is 9.59 Å². The third-order valence-electron chi connectivity index (χ3n) is 2.76. The van der Waals surface area contributed by atoms with Gasteiger partial charge in [0.1, 0.15) is 0 Å². The Morgan fingerprint density at radius 3 is 2.88 bits per heavy atom. The zero-order valence-corrected chi connectivity index (χ0v) is 9.01. The first-order chi connectivity index (χ1) is 7.63. The molecule has 6 nitrogen and oxygen atoms in total. The van der Waals surface area contributed by atoms with Crippen molar-refractivity contribution < 1.29 is 14.7 Å². The van der Waals surface area contributed by atoms with Gasteiger partial charge >= 0.3 is 5.97 Å². The molecule has 1 aliphatic heterocycles. The van der Waals surface area contributed by atoms with Gasteiger partial charge in [-0.25, -0.2) is 9.78 Å². The minimum Gasteiger partial charge on any atom is -0.476 e. The summed E-state index contributed by atoms with van der Waals surface area (Å²) in [5.41, 5.74) is 0.661. The topological polar surface area (TPSA) is 75.4 Å². The standard InChI is InChI=1S/C10H13N3O3/c1-2-8(14)12-3-4-13-6-11-9(10(15)16)7(13)5-12/h6H,2-5H2,1H3,(H,15,16). The summed E-state index contributed by atoms with van der Waals surface area (Å²) >= 11 is 0. The van der Waals surface area contributed by atoms with Gasteiger partial charge in [0.15, 0.2) is 5.69 Å². The molecular weight excluding hydrogens is 210 g/mol. The number of fused-ring (bicyclic) bond motifs is 1. The number of carbonyl (C=O) groups excluding carboxylic acids is 1. The summed E-state index contributed by atoms with van der Waals surface area (Å²) in [7, 11) is 0. The SMILES string of the molecule is CCC(=O)N1CCn2cnc(C(=O)O)c2C1. The zero-order chi connectivity index (χ0) is 11.7. The van der Waals surface area contributed by atoms with E-state index in [1.165, 1.54) is 6.33 Å². The van der Waals surface area contributed by atoms with Gasteiger partial charge in [0.2, 0.25) is 5.91 Å². The summed E-state index contributed by atoms with van der Waals surface area (Å²) in [6.07, 6.45) is 1.96. The van der Waals surface area contributed by atoms with Gasteiger partial charge in [0.25, 0.3) is 0 Å². The number of carbonyl (C=O) groups is 2. The Hall–Kier alpha value is -1.85. The molecular formula is C10H13N3O3. The maximum Gasteiger partial charge on any atom is 0.356 e. The molecule has 0 atom stereocenters. The quantitative estimate of drug-likeness (QED) is 0.784. The molecule has 0 fully saturated rings. The number of aromatic carboxylic acids is 1. The van der Waals surface area contributed by atoms with E-state index in [1.54, 1.807) is 16.4 Å². The lowest BCUT2D eigenvalue weighted by Crippen LogP contribution is -2.38. The number of nitrogens with zero attached hydrogens (tertiary/aromatic N) is 3. The Balaban J connectivity index is 2.27. The first kappa shape index (κ1) is 10.7. The molecule has 1 aromatic rings. The Morgan fingerprint density at radius 2 is 2.25 bits per heavy atom. The molecule has 16 heavy (non-hydrogen) atoms. The molecule has 0 aliphatic carbocycles. The van der Waals surface area contributed by atoms with Gasteiger partial charge < -0.3 is 14.6 Å². The fraction of sp³-hybridized carbons (Fsp3) is 0.500. The number of imidazole rings is 1. The molecule has 0 saturated heterocycles. The fourth-order valence-electron chi connectivity index (χ4n) is 1.87. The van der Waals surface area contributed by atoms with Crippen LogP contribution in [0.3, 0.4) is 0 Å². The van der Waals surface area contributed by atoms with Gasteiger partial charge in [-0.3, -0.25) is 4.79 Å². The van der Waals surface area contributed by atoms with E-state index in [0.717, 1.165) is 0 Å². The summed E-state index contributed by atoms with van der Waals surface area (Å²) in [4.78, 5) is 27.9. The molecule has 0 bridgehead atoms. The first-order valence-electron chi connectivity index (χ1n) is 5.18. The van der Waals surface area contributed by atoms with Gasteiger partial charge in [-0.05, 0) is 0 Å². The van der Waals surface area contributed by atoms with Crippen molar-refractivity contribution in [3.05, 3.63) is 17.7 Å². The predicted molar refractivity (Wildman–Crippen MR) is 54.9 cm³/mol. The second-order valence-corrected chi connectivity index (χ2v) is 3.71. The number of rotatable bonds is 2. The summed E-state index contributed by atoms with van der Waals surface area (Å²) in [5, 5.41) is 8.93. The molecule has 1 N–H and O–H groups in total. The van der Waals surface area contributed by atoms with Gasteiger partial charge in [-0.15, -0.1) is 0 Å². The lowest BCUT2D eigenvalue weighted by Gasteiger charge is -2.28. The number of hydrogen-bond donors (Lipinski definition) is 1. The molecule has 0 unspecified atom stereocenters. The van der Waals surface area contributed by atoms with E-state index in [-0.39, 0.29) is 11.6 Å². The lowest BCUT2D eigenvalue weighted by atomic mass is 10.2. The number of hydrogen-bond acceptors (Lipinski definition) is 3. The van der Waals surface area contributed by atoms with Gasteiger partial charge in [-0.1, -0.05) is 6.92 Å². The lowest BCUT2D eigenvalue weighted by molar-refractivity contribution is -0.132. The molecule has 6 heteroatoms. The van der Waals surface area contributed by atoms with Gasteiger partial charge in [0.05, 0.1) is 18.6 Å². The van der Waals surface area contributed by atoms with Crippen molar-refractivity contribution in [2.24, 2.45) is 0 Å². The van der Waals surface area contributed by atoms with Crippen LogP contribution < -0.4 is 0 Å². The average molecular weight is 223 g/mol. The molecule has 2 rings (SSSR count). The molecule has 1 aliphatic rings. The van der Waals surface area contributed by atoms with Gasteiger partial charge in [0, 0.05) is 19.5 Å². The van der Waals surface area contributed by atoms with E-state index in [2.05, 4.69) is 4.98 Å². The number of aromatic nitrogens is 2. The van der Waals surface area contributed by atoms with Crippen molar-refractivity contribution >= 4 is 11.9 Å². The zero-order valence-electron chi connectivity index (χ0n) is 9.01. The second kappa shape index (κ2) is 3.96. The van der Waals surface area contributed by atoms with Crippen molar-refractivity contribution in [3.63, 3.8) is 0 Å². The molecule has 0 aromatic carbocycles. The maximum atomic E-state index is 11.5. The second-order valence-electron chi connectivity index (χ2n) is 3.71. The fourth-order valence-corrected chi connectivity index (χ4v) is 1.87. The van der Waals surface area contributed by atoms with Crippen molar-refractivity contribution in [1.29, 1.82) is 0 Å². The summed E-state index contributed by atoms with van der Waals surface area (Å²) < 4.78 is 1.79. The van der Waals surface area contributed by atoms with Crippen LogP contribution in [0.25, 0.3) is 0 Å². The van der Waals surface area contributed by atoms with Crippen molar-refractivity contribution in [3.8, 4) is 0 Å². The van der Waals surface area contributed by atoms with E-state index in [1.807, 2.05) is 0 Å². The highest BCUT2D eigenvalue weighted by atomic mass is 16.4. The van der Waals surface area contributed by atoms with Gasteiger partial charge in [-0.2, -0.15) is 0 Å². The minimum atomic E-state index is -1.04. The van der Waals surface area contributed by atoms with E-state index in [4.69, 9.17) is 5.11 Å². The van der Waals surface area contributed by atoms with Crippen LogP contribution >= 0.6 is 0 Å². The highest BCUT2D eigenvalue weighted by Gasteiger charge is 2.25. The maximum absolute atomic E-state index is 11.5. The minimum absolute atomic E-state index is 0.0452. The Kier molecular flexibility index (Phi) is 2.64. The molecule has 0 radical (unpaired) electrons. The Morgan fingerprint density at radius 1 is 1.50 bits per heavy atom. The molecule has 0 spiro atoms.